The van der Waals surface area contributed by atoms with Gasteiger partial charge in [0.05, 0.1) is 76.8 Å². The number of ether oxygens (including phenoxy) is 6. The Kier molecular flexibility index (Phi) is 40.1. The highest BCUT2D eigenvalue weighted by molar-refractivity contribution is 6.33. The number of piperidine rings is 4. The second-order valence-electron chi connectivity index (χ2n) is 37.0. The lowest BCUT2D eigenvalue weighted by Gasteiger charge is -2.27. The zero-order valence-electron chi connectivity index (χ0n) is 80.0. The third kappa shape index (κ3) is 31.6. The molecule has 0 spiro atoms. The van der Waals surface area contributed by atoms with Crippen molar-refractivity contribution in [3.63, 3.8) is 0 Å². The van der Waals surface area contributed by atoms with Gasteiger partial charge in [-0.3, -0.25) is 57.5 Å². The van der Waals surface area contributed by atoms with Crippen molar-refractivity contribution in [3.05, 3.63) is 116 Å². The number of nitrogens with two attached hydrogens (primary N) is 2. The Morgan fingerprint density at radius 2 is 0.643 bits per heavy atom. The summed E-state index contributed by atoms with van der Waals surface area (Å²) in [5, 5.41) is 53.4. The van der Waals surface area contributed by atoms with Crippen molar-refractivity contribution in [3.8, 4) is 29.1 Å². The summed E-state index contributed by atoms with van der Waals surface area (Å²) in [6.07, 6.45) is 16.9. The molecular weight excluding hydrogens is 1960 g/mol. The second-order valence-corrected chi connectivity index (χ2v) is 38.7. The van der Waals surface area contributed by atoms with E-state index in [1.807, 2.05) is 0 Å². The van der Waals surface area contributed by atoms with Crippen LogP contribution in [-0.4, -0.2) is 231 Å². The summed E-state index contributed by atoms with van der Waals surface area (Å²) in [6.45, 7) is 2.51. The first-order chi connectivity index (χ1) is 68.0. The lowest BCUT2D eigenvalue weighted by atomic mass is 9.91. The number of fused-ring (bicyclic) bond motifs is 4. The zero-order valence-corrected chi connectivity index (χ0v) is 83.8. The molecule has 8 heterocycles. The molecule has 12 atom stereocenters. The number of carbonyl (C=O) groups is 15. The van der Waals surface area contributed by atoms with Crippen molar-refractivity contribution in [2.45, 2.75) is 202 Å². The fourth-order valence-electron chi connectivity index (χ4n) is 17.7. The van der Waals surface area contributed by atoms with Gasteiger partial charge in [-0.25, -0.2) is 14.4 Å². The Bertz CT molecular complexity index is 6020. The number of H-pyrrole nitrogens is 4. The second kappa shape index (κ2) is 51.9. The molecule has 8 fully saturated rings. The van der Waals surface area contributed by atoms with Crippen LogP contribution < -0.4 is 88.9 Å². The van der Waals surface area contributed by atoms with Gasteiger partial charge in [0.1, 0.15) is 88.1 Å². The van der Waals surface area contributed by atoms with Gasteiger partial charge >= 0.3 is 17.9 Å². The molecule has 8 aliphatic rings. The molecule has 0 unspecified atom stereocenters. The maximum absolute atomic E-state index is 13.3. The highest BCUT2D eigenvalue weighted by Crippen LogP contribution is 2.40. The van der Waals surface area contributed by atoms with E-state index in [9.17, 15) is 77.2 Å². The Morgan fingerprint density at radius 3 is 0.923 bits per heavy atom. The van der Waals surface area contributed by atoms with Crippen LogP contribution in [0.25, 0.3) is 43.6 Å². The van der Waals surface area contributed by atoms with Crippen LogP contribution in [0.15, 0.2) is 72.8 Å². The molecule has 4 aromatic carbocycles. The van der Waals surface area contributed by atoms with Crippen molar-refractivity contribution in [2.24, 2.45) is 58.8 Å². The topological polar surface area (TPSA) is 603 Å². The molecule has 0 radical (unpaired) electrons. The van der Waals surface area contributed by atoms with E-state index in [4.69, 9.17) is 91.4 Å². The molecule has 12 amide bonds. The molecule has 4 saturated carbocycles. The minimum atomic E-state index is -1.01. The van der Waals surface area contributed by atoms with E-state index in [0.717, 1.165) is 77.0 Å². The Hall–Kier alpha value is -12.8. The molecule has 0 bridgehead atoms. The molecule has 143 heavy (non-hydrogen) atoms. The third-order valence-corrected chi connectivity index (χ3v) is 27.1. The lowest BCUT2D eigenvalue weighted by Crippen LogP contribution is -2.54. The monoisotopic (exact) mass is 2080 g/mol. The highest BCUT2D eigenvalue weighted by atomic mass is 35.5. The largest absolute Gasteiger partial charge is 0.496 e. The molecule has 45 heteroatoms. The normalized spacial score (nSPS) is 19.1. The van der Waals surface area contributed by atoms with E-state index in [1.54, 1.807) is 66.7 Å². The fourth-order valence-corrected chi connectivity index (χ4v) is 18.5. The van der Waals surface area contributed by atoms with E-state index in [-0.39, 0.29) is 102 Å². The number of carboxylic acid groups (broad SMARTS) is 1. The van der Waals surface area contributed by atoms with E-state index in [1.165, 1.54) is 48.7 Å². The number of aromatic nitrogens is 4. The average molecular weight is 2080 g/mol. The first-order valence-electron chi connectivity index (χ1n) is 47.6. The molecule has 4 aromatic heterocycles. The minimum absolute atomic E-state index is 0. The SMILES string of the molecule is COC(=O)[C@H](C[C@@H]1CCCNC1=O)NC(=O)[C@@H](N)CC1CC1.COC(=O)[C@H](C[C@@H]1CCCNC1=O)NC(=O)[C@H](CC1CC1)NC(=O)c1cc2c(OC)cc(Cl)cc2[nH]1.COc1cc(Cl)cc2[nH]c(C(=O)N[C@@H](CC3CC3)C(=O)N[C@@H](C[C@@H]3CCCNC3=O)C(N)=O)cc12.COc1cc(Cl)cc2[nH]c(C(=O)N[C@@H](CC3CC3)C(=O)N[C@H](C#N)C[C@@H]3CCCNC3=O)cc12.COc1cc(Cl)cc2[nH]c(C(=O)O)cc12.Cl. The number of primary amides is 1. The van der Waals surface area contributed by atoms with Crippen molar-refractivity contribution >= 4 is 191 Å². The molecule has 16 rings (SSSR count). The number of rotatable bonds is 38. The Labute approximate surface area is 850 Å². The number of benzene rings is 4. The first kappa shape index (κ1) is 111. The van der Waals surface area contributed by atoms with Crippen molar-refractivity contribution in [1.82, 2.24) is 78.4 Å². The first-order valence-corrected chi connectivity index (χ1v) is 49.1. The maximum atomic E-state index is 13.3. The van der Waals surface area contributed by atoms with Crippen LogP contribution >= 0.6 is 58.8 Å². The molecule has 20 N–H and O–H groups in total. The molecule has 40 nitrogen and oxygen atoms in total. The Morgan fingerprint density at radius 1 is 0.371 bits per heavy atom. The summed E-state index contributed by atoms with van der Waals surface area (Å²) in [6, 6.07) is 15.2. The number of nitrogens with one attached hydrogen (secondary N) is 15. The van der Waals surface area contributed by atoms with Crippen molar-refractivity contribution in [1.29, 1.82) is 5.26 Å². The summed E-state index contributed by atoms with van der Waals surface area (Å²) < 4.78 is 30.8. The van der Waals surface area contributed by atoms with E-state index >= 15 is 0 Å². The van der Waals surface area contributed by atoms with Crippen LogP contribution in [0.5, 0.6) is 23.0 Å². The number of esters is 2. The number of aromatic carboxylic acids is 1. The van der Waals surface area contributed by atoms with Gasteiger partial charge in [-0.05, 0) is 199 Å². The lowest BCUT2D eigenvalue weighted by molar-refractivity contribution is -0.146. The number of nitriles is 1. The summed E-state index contributed by atoms with van der Waals surface area (Å²) in [4.78, 5) is 198. The predicted octanol–water partition coefficient (Wildman–Crippen LogP) is 9.21. The zero-order chi connectivity index (χ0) is 102. The van der Waals surface area contributed by atoms with E-state index in [0.29, 0.717) is 188 Å². The van der Waals surface area contributed by atoms with Gasteiger partial charge < -0.3 is 123 Å². The van der Waals surface area contributed by atoms with Gasteiger partial charge in [0.25, 0.3) is 17.7 Å². The minimum Gasteiger partial charge on any atom is -0.496 e. The number of halogens is 5. The number of amides is 12. The molecule has 4 aliphatic heterocycles. The summed E-state index contributed by atoms with van der Waals surface area (Å²) in [7, 11) is 8.58. The fraction of sp³-hybridized carbons (Fsp3) is 0.510. The number of methoxy groups -OCH3 is 6. The van der Waals surface area contributed by atoms with Gasteiger partial charge in [0.2, 0.25) is 53.2 Å². The average Bonchev–Trinajstić information content (AvgIpc) is 1.67. The summed E-state index contributed by atoms with van der Waals surface area (Å²) in [5.74, 6) is -4.15. The van der Waals surface area contributed by atoms with Crippen molar-refractivity contribution in [2.75, 3.05) is 68.8 Å². The van der Waals surface area contributed by atoms with Crippen LogP contribution in [-0.2, 0) is 62.2 Å². The number of nitrogens with zero attached hydrogens (tertiary/aromatic N) is 1. The van der Waals surface area contributed by atoms with Crippen LogP contribution in [0.2, 0.25) is 20.1 Å². The molecule has 4 aliphatic carbocycles. The maximum Gasteiger partial charge on any atom is 0.352 e. The number of hydrogen-bond acceptors (Lipinski definition) is 23. The molecule has 8 aromatic rings. The van der Waals surface area contributed by atoms with Crippen LogP contribution in [0.3, 0.4) is 0 Å². The quantitative estimate of drug-likeness (QED) is 0.0160. The van der Waals surface area contributed by atoms with Gasteiger partial charge in [-0.2, -0.15) is 5.26 Å². The molecule has 772 valence electrons. The van der Waals surface area contributed by atoms with Crippen LogP contribution in [0, 0.1) is 58.7 Å². The van der Waals surface area contributed by atoms with E-state index < -0.39 is 119 Å². The Balaban J connectivity index is 0.000000175. The number of carboxylic acids is 1. The summed E-state index contributed by atoms with van der Waals surface area (Å²) >= 11 is 24.2. The molecule has 4 saturated heterocycles. The van der Waals surface area contributed by atoms with Gasteiger partial charge in [-0.15, -0.1) is 12.4 Å². The van der Waals surface area contributed by atoms with Crippen molar-refractivity contribution < 1.29 is 105 Å². The van der Waals surface area contributed by atoms with Gasteiger partial charge in [-0.1, -0.05) is 97.8 Å². The standard InChI is InChI=1S/C25H31ClN4O6.C24H30ClN5O5.C24H28ClN5O4.C15H25N3O4.C10H8ClNO3.ClH/c1-35-21-11-15(26)10-17-16(21)12-19(28-17)24(33)29-18(8-13-5-6-13)23(32)30-20(25(34)36-2)9-14-4-3-7-27-22(14)31;1-35-20-10-14(25)9-16-15(20)11-19(28-16)24(34)30-18(7-12-4-5-12)23(33)29-17(21(26)31)8-13-3-2-6-27-22(13)32;1-34-21-10-15(25)9-18-17(21)11-20(29-18)24(33)30-19(7-13-4-5-13)23(32)28-16(12-26)8-14-3-2-6-27-22(14)31;1-22-15(21)12(8-10-3-2-6-17-13(10)19)18-14(20)11(16)7-9-4-5-9;1-15-9-3-5(11)2-7-6(9)4-8(12-7)10(13)14;/h10-14,18,20,28H,3-9H2,1-2H3,(H,27,31)(H,29,33)(H,30,32);9-13,17-18,28H,2-8H2,1H3,(H2,26,31)(H,27,32)(H,29,33)(H,30,34);9-11,13-14,16,19,29H,2-8H2,1H3,(H,27,31)(H,28,32)(H,30,33);9-12H,2-8,16H2,1H3,(H,17,19)(H,18,20);2-4,12H,1H3,(H,13,14);1H/t14-,18-,20-;13-,17-,18-;14-,16-,19-;10-,11-,12-;;/m0000../s1. The number of hydrogen-bond donors (Lipinski definition) is 18. The number of aromatic amines is 4. The third-order valence-electron chi connectivity index (χ3n) is 26.2. The predicted molar refractivity (Wildman–Crippen MR) is 533 cm³/mol. The van der Waals surface area contributed by atoms with Gasteiger partial charge in [0.15, 0.2) is 0 Å². The van der Waals surface area contributed by atoms with Gasteiger partial charge in [0, 0.05) is 91.5 Å². The van der Waals surface area contributed by atoms with Crippen LogP contribution in [0.1, 0.15) is 196 Å². The summed E-state index contributed by atoms with van der Waals surface area (Å²) in [5.41, 5.74) is 14.8. The smallest absolute Gasteiger partial charge is 0.352 e. The van der Waals surface area contributed by atoms with Crippen LogP contribution in [0.4, 0.5) is 0 Å². The number of carbonyl (C=O) groups excluding carboxylic acids is 14. The molecular formula is C98H123Cl5N18O22. The van der Waals surface area contributed by atoms with E-state index in [2.05, 4.69) is 84.5 Å². The highest BCUT2D eigenvalue weighted by Gasteiger charge is 2.41.